The zero-order chi connectivity index (χ0) is 16.3. The van der Waals surface area contributed by atoms with Crippen LogP contribution >= 0.6 is 0 Å². The summed E-state index contributed by atoms with van der Waals surface area (Å²) in [6, 6.07) is 3.26. The molecule has 0 spiro atoms. The van der Waals surface area contributed by atoms with E-state index in [1.165, 1.54) is 0 Å². The molecule has 2 rings (SSSR count). The van der Waals surface area contributed by atoms with E-state index in [-0.39, 0.29) is 12.0 Å². The van der Waals surface area contributed by atoms with E-state index in [0.29, 0.717) is 11.4 Å². The fourth-order valence-electron chi connectivity index (χ4n) is 3.30. The third-order valence-corrected chi connectivity index (χ3v) is 5.94. The lowest BCUT2D eigenvalue weighted by Gasteiger charge is -2.31. The fraction of sp³-hybridized carbons (Fsp3) is 0.625. The van der Waals surface area contributed by atoms with Crippen LogP contribution in [0, 0.1) is 19.8 Å². The van der Waals surface area contributed by atoms with Crippen LogP contribution in [0.4, 0.5) is 0 Å². The Morgan fingerprint density at radius 3 is 2.36 bits per heavy atom. The second-order valence-corrected chi connectivity index (χ2v) is 7.81. The molecule has 1 saturated carbocycles. The molecule has 1 aliphatic rings. The summed E-state index contributed by atoms with van der Waals surface area (Å²) in [6.07, 6.45) is 4.02. The van der Waals surface area contributed by atoms with Crippen molar-refractivity contribution in [2.75, 3.05) is 13.7 Å². The second kappa shape index (κ2) is 6.98. The third-order valence-electron chi connectivity index (χ3n) is 4.47. The molecule has 0 saturated heterocycles. The zero-order valence-corrected chi connectivity index (χ0v) is 14.4. The number of hydrogen-bond donors (Lipinski definition) is 2. The molecule has 1 aromatic rings. The van der Waals surface area contributed by atoms with Crippen molar-refractivity contribution in [3.8, 4) is 5.75 Å². The SMILES string of the molecule is COc1c(C)cc(S(=O)(=O)NC2CCCCC2CN)cc1C. The Labute approximate surface area is 133 Å². The van der Waals surface area contributed by atoms with Crippen molar-refractivity contribution in [1.82, 2.24) is 4.72 Å². The van der Waals surface area contributed by atoms with Gasteiger partial charge >= 0.3 is 0 Å². The van der Waals surface area contributed by atoms with E-state index in [9.17, 15) is 8.42 Å². The average Bonchev–Trinajstić information content (AvgIpc) is 2.47. The zero-order valence-electron chi connectivity index (χ0n) is 13.6. The van der Waals surface area contributed by atoms with Gasteiger partial charge in [0.1, 0.15) is 5.75 Å². The van der Waals surface area contributed by atoms with Crippen LogP contribution in [0.3, 0.4) is 0 Å². The molecule has 6 heteroatoms. The number of hydrogen-bond acceptors (Lipinski definition) is 4. The molecule has 22 heavy (non-hydrogen) atoms. The molecule has 5 nitrogen and oxygen atoms in total. The van der Waals surface area contributed by atoms with Gasteiger partial charge in [0.2, 0.25) is 10.0 Å². The molecule has 3 N–H and O–H groups in total. The van der Waals surface area contributed by atoms with Crippen LogP contribution in [0.25, 0.3) is 0 Å². The first-order chi connectivity index (χ1) is 10.4. The van der Waals surface area contributed by atoms with Crippen molar-refractivity contribution in [3.05, 3.63) is 23.3 Å². The molecule has 1 aliphatic carbocycles. The Hall–Kier alpha value is -1.11. The number of nitrogens with one attached hydrogen (secondary N) is 1. The molecule has 0 aliphatic heterocycles. The van der Waals surface area contributed by atoms with Crippen LogP contribution in [-0.2, 0) is 10.0 Å². The van der Waals surface area contributed by atoms with Gasteiger partial charge in [0.15, 0.2) is 0 Å². The maximum absolute atomic E-state index is 12.7. The van der Waals surface area contributed by atoms with Gasteiger partial charge in [-0.2, -0.15) is 0 Å². The minimum absolute atomic E-state index is 0.0635. The lowest BCUT2D eigenvalue weighted by Crippen LogP contribution is -2.44. The predicted octanol–water partition coefficient (Wildman–Crippen LogP) is 2.11. The fourth-order valence-corrected chi connectivity index (χ4v) is 4.81. The van der Waals surface area contributed by atoms with Gasteiger partial charge in [-0.15, -0.1) is 0 Å². The first-order valence-corrected chi connectivity index (χ1v) is 9.25. The van der Waals surface area contributed by atoms with Gasteiger partial charge in [0.05, 0.1) is 12.0 Å². The standard InChI is InChI=1S/C16H26N2O3S/c1-11-8-14(9-12(2)16(11)21-3)22(19,20)18-15-7-5-4-6-13(15)10-17/h8-9,13,15,18H,4-7,10,17H2,1-3H3. The van der Waals surface area contributed by atoms with Crippen molar-refractivity contribution in [1.29, 1.82) is 0 Å². The smallest absolute Gasteiger partial charge is 0.240 e. The van der Waals surface area contributed by atoms with Crippen molar-refractivity contribution in [2.45, 2.75) is 50.5 Å². The van der Waals surface area contributed by atoms with Crippen molar-refractivity contribution < 1.29 is 13.2 Å². The Balaban J connectivity index is 2.27. The predicted molar refractivity (Wildman–Crippen MR) is 87.6 cm³/mol. The highest BCUT2D eigenvalue weighted by Crippen LogP contribution is 2.28. The first kappa shape index (κ1) is 17.2. The van der Waals surface area contributed by atoms with Crippen LogP contribution in [-0.4, -0.2) is 28.1 Å². The van der Waals surface area contributed by atoms with Crippen molar-refractivity contribution in [2.24, 2.45) is 11.7 Å². The Bertz CT molecular complexity index is 605. The summed E-state index contributed by atoms with van der Waals surface area (Å²) in [5.74, 6) is 0.959. The normalized spacial score (nSPS) is 22.5. The molecule has 0 heterocycles. The molecule has 0 aromatic heterocycles. The summed E-state index contributed by atoms with van der Waals surface area (Å²) in [6.45, 7) is 4.23. The van der Waals surface area contributed by atoms with E-state index in [1.54, 1.807) is 19.2 Å². The van der Waals surface area contributed by atoms with Gasteiger partial charge in [-0.05, 0) is 62.4 Å². The van der Waals surface area contributed by atoms with Gasteiger partial charge in [0.25, 0.3) is 0 Å². The van der Waals surface area contributed by atoms with E-state index in [1.807, 2.05) is 13.8 Å². The number of sulfonamides is 1. The summed E-state index contributed by atoms with van der Waals surface area (Å²) in [5.41, 5.74) is 7.43. The van der Waals surface area contributed by atoms with Crippen LogP contribution in [0.5, 0.6) is 5.75 Å². The topological polar surface area (TPSA) is 81.4 Å². The Morgan fingerprint density at radius 1 is 1.23 bits per heavy atom. The van der Waals surface area contributed by atoms with Crippen molar-refractivity contribution in [3.63, 3.8) is 0 Å². The molecular weight excluding hydrogens is 300 g/mol. The van der Waals surface area contributed by atoms with E-state index in [4.69, 9.17) is 10.5 Å². The van der Waals surface area contributed by atoms with Gasteiger partial charge < -0.3 is 10.5 Å². The molecule has 2 atom stereocenters. The highest BCUT2D eigenvalue weighted by atomic mass is 32.2. The molecule has 0 radical (unpaired) electrons. The minimum Gasteiger partial charge on any atom is -0.496 e. The maximum atomic E-state index is 12.7. The quantitative estimate of drug-likeness (QED) is 0.868. The summed E-state index contributed by atoms with van der Waals surface area (Å²) in [4.78, 5) is 0.296. The third kappa shape index (κ3) is 3.62. The molecule has 0 bridgehead atoms. The monoisotopic (exact) mass is 326 g/mol. The van der Waals surface area contributed by atoms with E-state index < -0.39 is 10.0 Å². The highest BCUT2D eigenvalue weighted by Gasteiger charge is 2.29. The number of benzene rings is 1. The van der Waals surface area contributed by atoms with Crippen LogP contribution in [0.15, 0.2) is 17.0 Å². The number of aryl methyl sites for hydroxylation is 2. The van der Waals surface area contributed by atoms with E-state index in [0.717, 1.165) is 42.6 Å². The maximum Gasteiger partial charge on any atom is 0.240 e. The van der Waals surface area contributed by atoms with Gasteiger partial charge in [-0.1, -0.05) is 12.8 Å². The second-order valence-electron chi connectivity index (χ2n) is 6.10. The molecule has 2 unspecified atom stereocenters. The van der Waals surface area contributed by atoms with Gasteiger partial charge in [0, 0.05) is 6.04 Å². The lowest BCUT2D eigenvalue weighted by atomic mass is 9.85. The molecule has 124 valence electrons. The van der Waals surface area contributed by atoms with Crippen LogP contribution < -0.4 is 15.2 Å². The summed E-state index contributed by atoms with van der Waals surface area (Å²) in [7, 11) is -1.94. The van der Waals surface area contributed by atoms with Gasteiger partial charge in [-0.3, -0.25) is 0 Å². The highest BCUT2D eigenvalue weighted by molar-refractivity contribution is 7.89. The van der Waals surface area contributed by atoms with Crippen LogP contribution in [0.2, 0.25) is 0 Å². The molecular formula is C16H26N2O3S. The number of ether oxygens (including phenoxy) is 1. The summed E-state index contributed by atoms with van der Waals surface area (Å²) in [5, 5.41) is 0. The first-order valence-electron chi connectivity index (χ1n) is 7.76. The molecule has 1 aromatic carbocycles. The van der Waals surface area contributed by atoms with Crippen LogP contribution in [0.1, 0.15) is 36.8 Å². The van der Waals surface area contributed by atoms with E-state index >= 15 is 0 Å². The summed E-state index contributed by atoms with van der Waals surface area (Å²) < 4.78 is 33.5. The summed E-state index contributed by atoms with van der Waals surface area (Å²) >= 11 is 0. The minimum atomic E-state index is -3.53. The lowest BCUT2D eigenvalue weighted by molar-refractivity contribution is 0.296. The Morgan fingerprint density at radius 2 is 1.82 bits per heavy atom. The number of rotatable bonds is 5. The Kier molecular flexibility index (Phi) is 5.47. The number of methoxy groups -OCH3 is 1. The molecule has 1 fully saturated rings. The number of nitrogens with two attached hydrogens (primary N) is 1. The largest absolute Gasteiger partial charge is 0.496 e. The van der Waals surface area contributed by atoms with Gasteiger partial charge in [-0.25, -0.2) is 13.1 Å². The van der Waals surface area contributed by atoms with Crippen molar-refractivity contribution >= 4 is 10.0 Å². The average molecular weight is 326 g/mol. The van der Waals surface area contributed by atoms with E-state index in [2.05, 4.69) is 4.72 Å². The molecule has 0 amide bonds.